The Kier molecular flexibility index (Phi) is 2.24. The lowest BCUT2D eigenvalue weighted by molar-refractivity contribution is 0.544. The summed E-state index contributed by atoms with van der Waals surface area (Å²) < 4.78 is 15.9. The van der Waals surface area contributed by atoms with Gasteiger partial charge in [0.1, 0.15) is 11.6 Å². The highest BCUT2D eigenvalue weighted by Crippen LogP contribution is 2.24. The van der Waals surface area contributed by atoms with Gasteiger partial charge < -0.3 is 15.2 Å². The fourth-order valence-electron chi connectivity index (χ4n) is 2.16. The van der Waals surface area contributed by atoms with Crippen molar-refractivity contribution >= 4 is 11.4 Å². The van der Waals surface area contributed by atoms with Crippen LogP contribution in [0, 0.1) is 5.82 Å². The Morgan fingerprint density at radius 2 is 2.18 bits per heavy atom. The van der Waals surface area contributed by atoms with Crippen LogP contribution < -0.4 is 10.6 Å². The third-order valence-electron chi connectivity index (χ3n) is 3.06. The van der Waals surface area contributed by atoms with E-state index in [4.69, 9.17) is 5.73 Å². The molecule has 2 heterocycles. The minimum Gasteiger partial charge on any atom is -0.399 e. The van der Waals surface area contributed by atoms with Crippen molar-refractivity contribution in [3.05, 3.63) is 42.2 Å². The molecule has 4 nitrogen and oxygen atoms in total. The van der Waals surface area contributed by atoms with Crippen LogP contribution in [-0.4, -0.2) is 16.1 Å². The van der Waals surface area contributed by atoms with Gasteiger partial charge in [0.15, 0.2) is 0 Å². The third kappa shape index (κ3) is 1.73. The molecule has 1 aromatic carbocycles. The van der Waals surface area contributed by atoms with Crippen LogP contribution in [0.4, 0.5) is 15.8 Å². The Morgan fingerprint density at radius 3 is 3.00 bits per heavy atom. The topological polar surface area (TPSA) is 47.1 Å². The SMILES string of the molecule is Nc1ccc(N2CCn3ccnc3C2)c(F)c1. The van der Waals surface area contributed by atoms with Gasteiger partial charge in [-0.15, -0.1) is 0 Å². The molecule has 88 valence electrons. The van der Waals surface area contributed by atoms with E-state index >= 15 is 0 Å². The van der Waals surface area contributed by atoms with Gasteiger partial charge in [0.25, 0.3) is 0 Å². The number of rotatable bonds is 1. The number of aromatic nitrogens is 2. The first-order valence-electron chi connectivity index (χ1n) is 5.54. The molecule has 2 N–H and O–H groups in total. The quantitative estimate of drug-likeness (QED) is 0.760. The number of hydrogen-bond donors (Lipinski definition) is 1. The largest absolute Gasteiger partial charge is 0.399 e. The number of nitrogen functional groups attached to an aromatic ring is 1. The minimum absolute atomic E-state index is 0.273. The zero-order valence-corrected chi connectivity index (χ0v) is 9.31. The van der Waals surface area contributed by atoms with E-state index in [1.54, 1.807) is 18.3 Å². The third-order valence-corrected chi connectivity index (χ3v) is 3.06. The number of nitrogens with zero attached hydrogens (tertiary/aromatic N) is 3. The maximum Gasteiger partial charge on any atom is 0.148 e. The standard InChI is InChI=1S/C12H13FN4/c13-10-7-9(14)1-2-11(10)17-6-5-16-4-3-15-12(16)8-17/h1-4,7H,5-6,8,14H2. The molecule has 0 bridgehead atoms. The molecule has 0 atom stereocenters. The molecular formula is C12H13FN4. The highest BCUT2D eigenvalue weighted by atomic mass is 19.1. The van der Waals surface area contributed by atoms with Gasteiger partial charge in [-0.1, -0.05) is 0 Å². The average molecular weight is 232 g/mol. The van der Waals surface area contributed by atoms with E-state index in [-0.39, 0.29) is 5.82 Å². The Bertz CT molecular complexity index is 549. The highest BCUT2D eigenvalue weighted by molar-refractivity contribution is 5.54. The van der Waals surface area contributed by atoms with Crippen LogP contribution in [0.15, 0.2) is 30.6 Å². The molecule has 17 heavy (non-hydrogen) atoms. The number of nitrogens with two attached hydrogens (primary N) is 1. The van der Waals surface area contributed by atoms with Crippen molar-refractivity contribution in [3.8, 4) is 0 Å². The Morgan fingerprint density at radius 1 is 1.29 bits per heavy atom. The zero-order valence-electron chi connectivity index (χ0n) is 9.31. The van der Waals surface area contributed by atoms with Gasteiger partial charge in [-0.3, -0.25) is 0 Å². The molecule has 1 aromatic heterocycles. The molecule has 0 unspecified atom stereocenters. The van der Waals surface area contributed by atoms with Gasteiger partial charge in [0, 0.05) is 31.2 Å². The second-order valence-corrected chi connectivity index (χ2v) is 4.17. The predicted molar refractivity (Wildman–Crippen MR) is 64.1 cm³/mol. The van der Waals surface area contributed by atoms with Crippen molar-refractivity contribution < 1.29 is 4.39 Å². The molecule has 0 saturated carbocycles. The lowest BCUT2D eigenvalue weighted by atomic mass is 10.2. The van der Waals surface area contributed by atoms with Gasteiger partial charge in [-0.25, -0.2) is 9.37 Å². The first-order valence-corrected chi connectivity index (χ1v) is 5.54. The van der Waals surface area contributed by atoms with Crippen LogP contribution in [0.2, 0.25) is 0 Å². The zero-order chi connectivity index (χ0) is 11.8. The van der Waals surface area contributed by atoms with Crippen molar-refractivity contribution in [3.63, 3.8) is 0 Å². The summed E-state index contributed by atoms with van der Waals surface area (Å²) in [6, 6.07) is 4.80. The number of benzene rings is 1. The second-order valence-electron chi connectivity index (χ2n) is 4.17. The van der Waals surface area contributed by atoms with Gasteiger partial charge >= 0.3 is 0 Å². The van der Waals surface area contributed by atoms with Gasteiger partial charge in [-0.2, -0.15) is 0 Å². The molecule has 0 amide bonds. The van der Waals surface area contributed by atoms with Gasteiger partial charge in [0.2, 0.25) is 0 Å². The van der Waals surface area contributed by atoms with Crippen molar-refractivity contribution in [2.75, 3.05) is 17.2 Å². The summed E-state index contributed by atoms with van der Waals surface area (Å²) in [5.74, 6) is 0.692. The summed E-state index contributed by atoms with van der Waals surface area (Å²) in [7, 11) is 0. The summed E-state index contributed by atoms with van der Waals surface area (Å²) in [4.78, 5) is 6.24. The van der Waals surface area contributed by atoms with Crippen LogP contribution in [0.1, 0.15) is 5.82 Å². The Balaban J connectivity index is 1.91. The van der Waals surface area contributed by atoms with Crippen LogP contribution in [0.3, 0.4) is 0 Å². The minimum atomic E-state index is -0.273. The molecular weight excluding hydrogens is 219 g/mol. The number of halogens is 1. The molecule has 0 radical (unpaired) electrons. The highest BCUT2D eigenvalue weighted by Gasteiger charge is 2.19. The number of imidazole rings is 1. The van der Waals surface area contributed by atoms with E-state index in [1.807, 2.05) is 11.1 Å². The van der Waals surface area contributed by atoms with E-state index < -0.39 is 0 Å². The Hall–Kier alpha value is -2.04. The van der Waals surface area contributed by atoms with Crippen LogP contribution in [0.25, 0.3) is 0 Å². The van der Waals surface area contributed by atoms with E-state index in [0.717, 1.165) is 18.9 Å². The predicted octanol–water partition coefficient (Wildman–Crippen LogP) is 1.62. The van der Waals surface area contributed by atoms with Crippen molar-refractivity contribution in [2.45, 2.75) is 13.1 Å². The fourth-order valence-corrected chi connectivity index (χ4v) is 2.16. The molecule has 3 rings (SSSR count). The molecule has 0 aliphatic carbocycles. The van der Waals surface area contributed by atoms with Crippen LogP contribution in [-0.2, 0) is 13.1 Å². The maximum atomic E-state index is 13.8. The smallest absolute Gasteiger partial charge is 0.148 e. The van der Waals surface area contributed by atoms with Gasteiger partial charge in [-0.05, 0) is 18.2 Å². The van der Waals surface area contributed by atoms with Crippen LogP contribution >= 0.6 is 0 Å². The van der Waals surface area contributed by atoms with E-state index in [2.05, 4.69) is 9.55 Å². The summed E-state index contributed by atoms with van der Waals surface area (Å²) in [5, 5.41) is 0. The normalized spacial score (nSPS) is 14.8. The molecule has 2 aromatic rings. The molecule has 1 aliphatic heterocycles. The van der Waals surface area contributed by atoms with Crippen molar-refractivity contribution in [1.29, 1.82) is 0 Å². The molecule has 1 aliphatic rings. The summed E-state index contributed by atoms with van der Waals surface area (Å²) in [6.45, 7) is 2.25. The molecule has 5 heteroatoms. The lowest BCUT2D eigenvalue weighted by Crippen LogP contribution is -2.34. The monoisotopic (exact) mass is 232 g/mol. The second kappa shape index (κ2) is 3.76. The van der Waals surface area contributed by atoms with Crippen molar-refractivity contribution in [1.82, 2.24) is 9.55 Å². The molecule has 0 fully saturated rings. The number of anilines is 2. The maximum absolute atomic E-state index is 13.8. The summed E-state index contributed by atoms with van der Waals surface area (Å²) in [5.41, 5.74) is 6.58. The van der Waals surface area contributed by atoms with E-state index in [0.29, 0.717) is 17.9 Å². The molecule has 0 spiro atoms. The summed E-state index contributed by atoms with van der Waals surface area (Å²) in [6.07, 6.45) is 3.73. The first kappa shape index (κ1) is 10.1. The lowest BCUT2D eigenvalue weighted by Gasteiger charge is -2.29. The average Bonchev–Trinajstić information content (AvgIpc) is 2.75. The van der Waals surface area contributed by atoms with E-state index in [1.165, 1.54) is 6.07 Å². The summed E-state index contributed by atoms with van der Waals surface area (Å²) >= 11 is 0. The Labute approximate surface area is 98.5 Å². The molecule has 0 saturated heterocycles. The number of hydrogen-bond acceptors (Lipinski definition) is 3. The number of fused-ring (bicyclic) bond motifs is 1. The van der Waals surface area contributed by atoms with E-state index in [9.17, 15) is 4.39 Å². The van der Waals surface area contributed by atoms with Crippen LogP contribution in [0.5, 0.6) is 0 Å². The first-order chi connectivity index (χ1) is 8.24. The van der Waals surface area contributed by atoms with Crippen molar-refractivity contribution in [2.24, 2.45) is 0 Å². The van der Waals surface area contributed by atoms with Gasteiger partial charge in [0.05, 0.1) is 12.2 Å². The fraction of sp³-hybridized carbons (Fsp3) is 0.250.